The first-order chi connectivity index (χ1) is 9.58. The Morgan fingerprint density at radius 3 is 2.55 bits per heavy atom. The molecule has 114 valence electrons. The fourth-order valence-electron chi connectivity index (χ4n) is 1.51. The zero-order chi connectivity index (χ0) is 14.8. The molecule has 0 saturated carbocycles. The minimum absolute atomic E-state index is 0.279. The molecule has 0 amide bonds. The monoisotopic (exact) mass is 345 g/mol. The molecule has 1 aromatic rings. The van der Waals surface area contributed by atoms with Gasteiger partial charge in [-0.25, -0.2) is 0 Å². The van der Waals surface area contributed by atoms with Gasteiger partial charge in [0.25, 0.3) is 0 Å². The van der Waals surface area contributed by atoms with Crippen LogP contribution < -0.4 is 10.1 Å². The fraction of sp³-hybridized carbons (Fsp3) is 0.600. The minimum Gasteiger partial charge on any atom is -0.491 e. The topological polar surface area (TPSA) is 50.7 Å². The molecule has 0 aliphatic heterocycles. The molecule has 0 saturated heterocycles. The molecule has 0 fully saturated rings. The highest BCUT2D eigenvalue weighted by Crippen LogP contribution is 2.16. The van der Waals surface area contributed by atoms with Gasteiger partial charge >= 0.3 is 0 Å². The molecular formula is C15H24BrNO3. The van der Waals surface area contributed by atoms with Crippen LogP contribution in [0.2, 0.25) is 0 Å². The van der Waals surface area contributed by atoms with Crippen molar-refractivity contribution in [1.29, 1.82) is 0 Å². The van der Waals surface area contributed by atoms with Gasteiger partial charge in [-0.2, -0.15) is 0 Å². The molecule has 0 aliphatic carbocycles. The van der Waals surface area contributed by atoms with Gasteiger partial charge in [-0.3, -0.25) is 0 Å². The largest absolute Gasteiger partial charge is 0.491 e. The Kier molecular flexibility index (Phi) is 8.85. The summed E-state index contributed by atoms with van der Waals surface area (Å²) < 4.78 is 11.9. The second-order valence-corrected chi connectivity index (χ2v) is 6.01. The number of nitrogens with one attached hydrogen (secondary N) is 1. The molecule has 0 bridgehead atoms. The quantitative estimate of drug-likeness (QED) is 0.639. The van der Waals surface area contributed by atoms with Gasteiger partial charge in [0, 0.05) is 24.2 Å². The minimum atomic E-state index is -0.524. The van der Waals surface area contributed by atoms with E-state index in [0.717, 1.165) is 23.4 Å². The van der Waals surface area contributed by atoms with Crippen LogP contribution in [0.4, 0.5) is 0 Å². The van der Waals surface area contributed by atoms with E-state index < -0.39 is 6.10 Å². The molecule has 4 nitrogen and oxygen atoms in total. The zero-order valence-corrected chi connectivity index (χ0v) is 13.7. The van der Waals surface area contributed by atoms with Crippen LogP contribution in [-0.2, 0) is 4.74 Å². The summed E-state index contributed by atoms with van der Waals surface area (Å²) in [4.78, 5) is 0. The molecule has 1 unspecified atom stereocenters. The fourth-order valence-corrected chi connectivity index (χ4v) is 1.78. The number of hydrogen-bond donors (Lipinski definition) is 2. The number of aliphatic hydroxyl groups excluding tert-OH is 1. The highest BCUT2D eigenvalue weighted by Gasteiger charge is 2.04. The number of benzene rings is 1. The number of hydrogen-bond acceptors (Lipinski definition) is 4. The third-order valence-corrected chi connectivity index (χ3v) is 3.04. The smallest absolute Gasteiger partial charge is 0.119 e. The van der Waals surface area contributed by atoms with Crippen LogP contribution in [0, 0.1) is 5.92 Å². The molecule has 1 atom stereocenters. The molecule has 1 aromatic carbocycles. The maximum atomic E-state index is 9.77. The van der Waals surface area contributed by atoms with Crippen LogP contribution in [0.1, 0.15) is 13.8 Å². The van der Waals surface area contributed by atoms with E-state index in [1.807, 2.05) is 24.3 Å². The number of rotatable bonds is 10. The molecule has 5 heteroatoms. The molecule has 0 spiro atoms. The van der Waals surface area contributed by atoms with E-state index in [0.29, 0.717) is 19.1 Å². The standard InChI is InChI=1S/C15H24BrNO3/c1-12(2)10-19-8-7-17-9-14(18)11-20-15-5-3-13(16)4-6-15/h3-6,12,14,17-18H,7-11H2,1-2H3. The average Bonchev–Trinajstić information content (AvgIpc) is 2.41. The number of ether oxygens (including phenoxy) is 2. The SMILES string of the molecule is CC(C)COCCNCC(O)COc1ccc(Br)cc1. The van der Waals surface area contributed by atoms with Crippen molar-refractivity contribution >= 4 is 15.9 Å². The summed E-state index contributed by atoms with van der Waals surface area (Å²) in [6.45, 7) is 7.20. The van der Waals surface area contributed by atoms with Crippen LogP contribution in [0.5, 0.6) is 5.75 Å². The molecule has 0 aliphatic rings. The Morgan fingerprint density at radius 2 is 1.90 bits per heavy atom. The van der Waals surface area contributed by atoms with Crippen molar-refractivity contribution in [1.82, 2.24) is 5.32 Å². The molecule has 1 rings (SSSR count). The van der Waals surface area contributed by atoms with Crippen LogP contribution in [-0.4, -0.2) is 44.1 Å². The van der Waals surface area contributed by atoms with Gasteiger partial charge < -0.3 is 19.9 Å². The van der Waals surface area contributed by atoms with Crippen LogP contribution in [0.15, 0.2) is 28.7 Å². The third kappa shape index (κ3) is 8.53. The summed E-state index contributed by atoms with van der Waals surface area (Å²) >= 11 is 3.36. The lowest BCUT2D eigenvalue weighted by Gasteiger charge is -2.13. The Balaban J connectivity index is 2.03. The van der Waals surface area contributed by atoms with E-state index in [1.165, 1.54) is 0 Å². The second-order valence-electron chi connectivity index (χ2n) is 5.09. The Hall–Kier alpha value is -0.620. The average molecular weight is 346 g/mol. The molecule has 2 N–H and O–H groups in total. The van der Waals surface area contributed by atoms with Crippen LogP contribution in [0.3, 0.4) is 0 Å². The summed E-state index contributed by atoms with van der Waals surface area (Å²) in [5.41, 5.74) is 0. The summed E-state index contributed by atoms with van der Waals surface area (Å²) in [7, 11) is 0. The Morgan fingerprint density at radius 1 is 1.20 bits per heavy atom. The number of aliphatic hydroxyl groups is 1. The second kappa shape index (κ2) is 10.2. The van der Waals surface area contributed by atoms with E-state index >= 15 is 0 Å². The maximum Gasteiger partial charge on any atom is 0.119 e. The first-order valence-electron chi connectivity index (χ1n) is 6.93. The van der Waals surface area contributed by atoms with Crippen molar-refractivity contribution in [2.75, 3.05) is 32.9 Å². The third-order valence-electron chi connectivity index (χ3n) is 2.51. The predicted octanol–water partition coefficient (Wildman–Crippen LogP) is 2.45. The van der Waals surface area contributed by atoms with Gasteiger partial charge in [0.2, 0.25) is 0 Å². The van der Waals surface area contributed by atoms with Gasteiger partial charge in [0.1, 0.15) is 18.5 Å². The van der Waals surface area contributed by atoms with Crippen molar-refractivity contribution < 1.29 is 14.6 Å². The van der Waals surface area contributed by atoms with Crippen molar-refractivity contribution in [2.45, 2.75) is 20.0 Å². The van der Waals surface area contributed by atoms with Crippen molar-refractivity contribution in [2.24, 2.45) is 5.92 Å². The van der Waals surface area contributed by atoms with E-state index in [2.05, 4.69) is 35.1 Å². The molecule has 0 radical (unpaired) electrons. The molecule has 0 heterocycles. The van der Waals surface area contributed by atoms with Gasteiger partial charge in [-0.05, 0) is 30.2 Å². The first kappa shape index (κ1) is 17.4. The normalized spacial score (nSPS) is 12.7. The zero-order valence-electron chi connectivity index (χ0n) is 12.1. The van der Waals surface area contributed by atoms with E-state index in [1.54, 1.807) is 0 Å². The predicted molar refractivity (Wildman–Crippen MR) is 84.2 cm³/mol. The summed E-state index contributed by atoms with van der Waals surface area (Å²) in [5, 5.41) is 12.9. The number of halogens is 1. The molecule has 20 heavy (non-hydrogen) atoms. The molecule has 0 aromatic heterocycles. The first-order valence-corrected chi connectivity index (χ1v) is 7.72. The lowest BCUT2D eigenvalue weighted by Crippen LogP contribution is -2.33. The van der Waals surface area contributed by atoms with Crippen molar-refractivity contribution in [3.63, 3.8) is 0 Å². The van der Waals surface area contributed by atoms with Crippen molar-refractivity contribution in [3.8, 4) is 5.75 Å². The van der Waals surface area contributed by atoms with E-state index in [4.69, 9.17) is 9.47 Å². The lowest BCUT2D eigenvalue weighted by molar-refractivity contribution is 0.0925. The van der Waals surface area contributed by atoms with E-state index in [9.17, 15) is 5.11 Å². The summed E-state index contributed by atoms with van der Waals surface area (Å²) in [6.07, 6.45) is -0.524. The van der Waals surface area contributed by atoms with Gasteiger partial charge in [-0.1, -0.05) is 29.8 Å². The maximum absolute atomic E-state index is 9.77. The highest BCUT2D eigenvalue weighted by atomic mass is 79.9. The van der Waals surface area contributed by atoms with Gasteiger partial charge in [-0.15, -0.1) is 0 Å². The van der Waals surface area contributed by atoms with Crippen molar-refractivity contribution in [3.05, 3.63) is 28.7 Å². The van der Waals surface area contributed by atoms with Crippen LogP contribution >= 0.6 is 15.9 Å². The lowest BCUT2D eigenvalue weighted by atomic mass is 10.2. The van der Waals surface area contributed by atoms with Gasteiger partial charge in [0.05, 0.1) is 6.61 Å². The van der Waals surface area contributed by atoms with Crippen LogP contribution in [0.25, 0.3) is 0 Å². The highest BCUT2D eigenvalue weighted by molar-refractivity contribution is 9.10. The summed E-state index contributed by atoms with van der Waals surface area (Å²) in [5.74, 6) is 1.31. The molecular weight excluding hydrogens is 322 g/mol. The van der Waals surface area contributed by atoms with E-state index in [-0.39, 0.29) is 6.61 Å². The summed E-state index contributed by atoms with van der Waals surface area (Å²) in [6, 6.07) is 7.55. The Bertz CT molecular complexity index is 357. The van der Waals surface area contributed by atoms with Gasteiger partial charge in [0.15, 0.2) is 0 Å². The Labute approximate surface area is 129 Å².